The summed E-state index contributed by atoms with van der Waals surface area (Å²) in [6.45, 7) is 4.24. The fraction of sp³-hybridized carbons (Fsp3) is 0.286. The molecule has 0 unspecified atom stereocenters. The summed E-state index contributed by atoms with van der Waals surface area (Å²) in [6.07, 6.45) is 2.40. The van der Waals surface area contributed by atoms with Crippen LogP contribution in [0.2, 0.25) is 0 Å². The molecular formula is C28H25N3O3. The average molecular weight is 452 g/mol. The van der Waals surface area contributed by atoms with Crippen LogP contribution in [0, 0.1) is 5.41 Å². The highest BCUT2D eigenvalue weighted by Gasteiger charge is 2.35. The van der Waals surface area contributed by atoms with Crippen LogP contribution in [0.1, 0.15) is 60.4 Å². The van der Waals surface area contributed by atoms with Gasteiger partial charge in [0, 0.05) is 47.5 Å². The van der Waals surface area contributed by atoms with E-state index in [2.05, 4.69) is 24.9 Å². The number of carbonyl (C=O) groups is 3. The maximum Gasteiger partial charge on any atom is 0.234 e. The SMILES string of the molecule is CC1(C)CC(=O)c2c(nc(Cc3ccc(N4C(=O)CCC4=O)cc3)c3[nH]c4ccccc4c23)C1. The van der Waals surface area contributed by atoms with E-state index in [-0.39, 0.29) is 35.9 Å². The van der Waals surface area contributed by atoms with Crippen LogP contribution in [0.4, 0.5) is 5.69 Å². The number of rotatable bonds is 3. The van der Waals surface area contributed by atoms with Crippen LogP contribution in [-0.4, -0.2) is 27.6 Å². The topological polar surface area (TPSA) is 83.1 Å². The van der Waals surface area contributed by atoms with E-state index in [0.717, 1.165) is 50.7 Å². The molecule has 34 heavy (non-hydrogen) atoms. The molecule has 170 valence electrons. The monoisotopic (exact) mass is 451 g/mol. The highest BCUT2D eigenvalue weighted by molar-refractivity contribution is 6.20. The lowest BCUT2D eigenvalue weighted by Gasteiger charge is -2.30. The van der Waals surface area contributed by atoms with Crippen molar-refractivity contribution in [1.82, 2.24) is 9.97 Å². The Morgan fingerprint density at radius 2 is 1.65 bits per heavy atom. The second kappa shape index (κ2) is 7.35. The zero-order valence-corrected chi connectivity index (χ0v) is 19.3. The van der Waals surface area contributed by atoms with Crippen molar-refractivity contribution in [3.63, 3.8) is 0 Å². The van der Waals surface area contributed by atoms with Gasteiger partial charge in [0.1, 0.15) is 0 Å². The third-order valence-corrected chi connectivity index (χ3v) is 6.98. The van der Waals surface area contributed by atoms with Crippen LogP contribution >= 0.6 is 0 Å². The number of imide groups is 1. The van der Waals surface area contributed by atoms with Crippen molar-refractivity contribution < 1.29 is 14.4 Å². The average Bonchev–Trinajstić information content (AvgIpc) is 3.33. The van der Waals surface area contributed by atoms with Crippen molar-refractivity contribution >= 4 is 45.1 Å². The highest BCUT2D eigenvalue weighted by Crippen LogP contribution is 2.40. The zero-order chi connectivity index (χ0) is 23.6. The normalized spacial score (nSPS) is 17.7. The molecule has 6 nitrogen and oxygen atoms in total. The summed E-state index contributed by atoms with van der Waals surface area (Å²) in [6, 6.07) is 15.6. The molecule has 2 aromatic carbocycles. The first-order valence-corrected chi connectivity index (χ1v) is 11.7. The molecule has 6 heteroatoms. The molecule has 4 aromatic rings. The largest absolute Gasteiger partial charge is 0.353 e. The minimum atomic E-state index is -0.152. The first-order valence-electron chi connectivity index (χ1n) is 11.7. The van der Waals surface area contributed by atoms with Crippen LogP contribution in [0.15, 0.2) is 48.5 Å². The molecule has 1 saturated heterocycles. The molecule has 6 rings (SSSR count). The number of anilines is 1. The third-order valence-electron chi connectivity index (χ3n) is 6.98. The number of benzene rings is 2. The number of nitrogens with one attached hydrogen (secondary N) is 1. The van der Waals surface area contributed by atoms with Gasteiger partial charge in [-0.2, -0.15) is 0 Å². The van der Waals surface area contributed by atoms with Gasteiger partial charge in [-0.3, -0.25) is 24.3 Å². The van der Waals surface area contributed by atoms with E-state index in [1.165, 1.54) is 4.90 Å². The number of carbonyl (C=O) groups excluding carboxylic acids is 3. The van der Waals surface area contributed by atoms with Crippen LogP contribution in [-0.2, 0) is 22.4 Å². The van der Waals surface area contributed by atoms with E-state index in [1.807, 2.05) is 42.5 Å². The summed E-state index contributed by atoms with van der Waals surface area (Å²) >= 11 is 0. The van der Waals surface area contributed by atoms with Gasteiger partial charge >= 0.3 is 0 Å². The third kappa shape index (κ3) is 3.24. The Labute approximate surface area is 197 Å². The number of amides is 2. The van der Waals surface area contributed by atoms with Gasteiger partial charge in [-0.25, -0.2) is 0 Å². The number of ketones is 1. The highest BCUT2D eigenvalue weighted by atomic mass is 16.2. The van der Waals surface area contributed by atoms with Crippen molar-refractivity contribution in [1.29, 1.82) is 0 Å². The van der Waals surface area contributed by atoms with Gasteiger partial charge in [-0.15, -0.1) is 0 Å². The number of fused-ring (bicyclic) bond motifs is 5. The second-order valence-electron chi connectivity index (χ2n) is 10.2. The zero-order valence-electron chi connectivity index (χ0n) is 19.3. The Morgan fingerprint density at radius 1 is 0.941 bits per heavy atom. The number of aromatic amines is 1. The molecule has 0 spiro atoms. The van der Waals surface area contributed by atoms with Crippen LogP contribution in [0.5, 0.6) is 0 Å². The van der Waals surface area contributed by atoms with Crippen LogP contribution in [0.3, 0.4) is 0 Å². The number of pyridine rings is 1. The van der Waals surface area contributed by atoms with E-state index in [4.69, 9.17) is 4.98 Å². The van der Waals surface area contributed by atoms with Crippen molar-refractivity contribution in [3.05, 3.63) is 71.0 Å². The van der Waals surface area contributed by atoms with E-state index in [9.17, 15) is 14.4 Å². The Kier molecular flexibility index (Phi) is 4.49. The molecular weight excluding hydrogens is 426 g/mol. The van der Waals surface area contributed by atoms with Crippen LogP contribution in [0.25, 0.3) is 21.8 Å². The smallest absolute Gasteiger partial charge is 0.234 e. The molecule has 1 aliphatic heterocycles. The fourth-order valence-electron chi connectivity index (χ4n) is 5.45. The Morgan fingerprint density at radius 3 is 2.38 bits per heavy atom. The first-order chi connectivity index (χ1) is 16.3. The lowest BCUT2D eigenvalue weighted by atomic mass is 9.74. The molecule has 0 atom stereocenters. The Bertz CT molecular complexity index is 1500. The predicted molar refractivity (Wildman–Crippen MR) is 131 cm³/mol. The number of hydrogen-bond acceptors (Lipinski definition) is 4. The van der Waals surface area contributed by atoms with E-state index < -0.39 is 0 Å². The number of Topliss-reactive ketones (excluding diaryl/α,β-unsaturated/α-hetero) is 1. The summed E-state index contributed by atoms with van der Waals surface area (Å²) in [5.74, 6) is -0.147. The number of hydrogen-bond donors (Lipinski definition) is 1. The molecule has 2 aromatic heterocycles. The summed E-state index contributed by atoms with van der Waals surface area (Å²) in [5.41, 5.74) is 5.95. The van der Waals surface area contributed by atoms with Crippen molar-refractivity contribution in [2.45, 2.75) is 46.0 Å². The maximum absolute atomic E-state index is 13.2. The summed E-state index contributed by atoms with van der Waals surface area (Å²) in [4.78, 5) is 47.2. The van der Waals surface area contributed by atoms with Gasteiger partial charge in [0.2, 0.25) is 11.8 Å². The molecule has 1 fully saturated rings. The first kappa shape index (κ1) is 20.8. The van der Waals surface area contributed by atoms with Gasteiger partial charge < -0.3 is 4.98 Å². The lowest BCUT2D eigenvalue weighted by Crippen LogP contribution is -2.28. The molecule has 2 amide bonds. The molecule has 1 N–H and O–H groups in total. The molecule has 0 radical (unpaired) electrons. The van der Waals surface area contributed by atoms with Gasteiger partial charge in [0.15, 0.2) is 5.78 Å². The number of H-pyrrole nitrogens is 1. The predicted octanol–water partition coefficient (Wildman–Crippen LogP) is 5.12. The number of nitrogens with zero attached hydrogens (tertiary/aromatic N) is 2. The summed E-state index contributed by atoms with van der Waals surface area (Å²) < 4.78 is 0. The second-order valence-corrected chi connectivity index (χ2v) is 10.2. The van der Waals surface area contributed by atoms with Gasteiger partial charge in [0.05, 0.1) is 22.6 Å². The van der Waals surface area contributed by atoms with E-state index in [0.29, 0.717) is 18.5 Å². The minimum absolute atomic E-state index is 0.120. The Balaban J connectivity index is 1.46. The van der Waals surface area contributed by atoms with Crippen molar-refractivity contribution in [2.75, 3.05) is 4.90 Å². The number of aromatic nitrogens is 2. The molecule has 2 aliphatic rings. The fourth-order valence-corrected chi connectivity index (χ4v) is 5.45. The standard InChI is InChI=1S/C28H25N3O3/c1-28(2)14-21-26(22(32)15-28)25-18-5-3-4-6-19(18)30-27(25)20(29-21)13-16-7-9-17(10-8-16)31-23(33)11-12-24(31)34/h3-10,30H,11-15H2,1-2H3. The lowest BCUT2D eigenvalue weighted by molar-refractivity contribution is -0.121. The number of para-hydroxylation sites is 1. The van der Waals surface area contributed by atoms with E-state index >= 15 is 0 Å². The maximum atomic E-state index is 13.2. The molecule has 1 aliphatic carbocycles. The molecule has 0 bridgehead atoms. The minimum Gasteiger partial charge on any atom is -0.353 e. The quantitative estimate of drug-likeness (QED) is 0.439. The van der Waals surface area contributed by atoms with Gasteiger partial charge in [-0.1, -0.05) is 44.2 Å². The Hall–Kier alpha value is -3.80. The van der Waals surface area contributed by atoms with E-state index in [1.54, 1.807) is 0 Å². The molecule has 3 heterocycles. The summed E-state index contributed by atoms with van der Waals surface area (Å²) in [7, 11) is 0. The van der Waals surface area contributed by atoms with Crippen molar-refractivity contribution in [2.24, 2.45) is 5.41 Å². The van der Waals surface area contributed by atoms with Crippen molar-refractivity contribution in [3.8, 4) is 0 Å². The van der Waals surface area contributed by atoms with Gasteiger partial charge in [-0.05, 0) is 35.6 Å². The van der Waals surface area contributed by atoms with Crippen LogP contribution < -0.4 is 4.90 Å². The summed E-state index contributed by atoms with van der Waals surface area (Å²) in [5, 5.41) is 2.02. The van der Waals surface area contributed by atoms with Gasteiger partial charge in [0.25, 0.3) is 0 Å². The molecule has 0 saturated carbocycles.